The molecule has 0 amide bonds. The third kappa shape index (κ3) is 3.59. The molecule has 0 aliphatic carbocycles. The maximum absolute atomic E-state index is 12.8. The minimum atomic E-state index is -0.210. The quantitative estimate of drug-likeness (QED) is 0.684. The number of nitrogens with zero attached hydrogens (tertiary/aromatic N) is 3. The number of nitrogens with two attached hydrogens (primary N) is 1. The van der Waals surface area contributed by atoms with Gasteiger partial charge < -0.3 is 16.0 Å². The average Bonchev–Trinajstić information content (AvgIpc) is 2.74. The molecule has 0 bridgehead atoms. The number of carbonyl (C=O) groups is 1. The third-order valence-electron chi connectivity index (χ3n) is 5.11. The molecule has 28 heavy (non-hydrogen) atoms. The molecule has 1 atom stereocenters. The Morgan fingerprint density at radius 2 is 2.00 bits per heavy atom. The Morgan fingerprint density at radius 1 is 1.14 bits per heavy atom. The van der Waals surface area contributed by atoms with Crippen molar-refractivity contribution in [1.82, 2.24) is 15.3 Å². The summed E-state index contributed by atoms with van der Waals surface area (Å²) < 4.78 is 0. The Bertz CT molecular complexity index is 1000. The largest absolute Gasteiger partial charge is 0.383 e. The maximum atomic E-state index is 12.8. The first-order valence-corrected chi connectivity index (χ1v) is 9.39. The summed E-state index contributed by atoms with van der Waals surface area (Å²) in [6.07, 6.45) is 1.57. The van der Waals surface area contributed by atoms with E-state index in [2.05, 4.69) is 51.4 Å². The predicted octanol–water partition coefficient (Wildman–Crippen LogP) is 2.75. The van der Waals surface area contributed by atoms with Gasteiger partial charge >= 0.3 is 0 Å². The van der Waals surface area contributed by atoms with Crippen molar-refractivity contribution in [1.29, 1.82) is 0 Å². The summed E-state index contributed by atoms with van der Waals surface area (Å²) in [5.74, 6) is 0.813. The number of hydrogen-bond donors (Lipinski definition) is 2. The van der Waals surface area contributed by atoms with E-state index in [1.807, 2.05) is 12.1 Å². The van der Waals surface area contributed by atoms with Gasteiger partial charge in [-0.15, -0.1) is 0 Å². The Labute approximate surface area is 164 Å². The molecule has 3 aromatic rings. The third-order valence-corrected chi connectivity index (χ3v) is 5.11. The molecule has 1 aliphatic rings. The monoisotopic (exact) mass is 373 g/mol. The topological polar surface area (TPSA) is 84.1 Å². The van der Waals surface area contributed by atoms with Gasteiger partial charge in [-0.3, -0.25) is 4.79 Å². The summed E-state index contributed by atoms with van der Waals surface area (Å²) in [5.41, 5.74) is 9.18. The molecule has 6 heteroatoms. The highest BCUT2D eigenvalue weighted by Gasteiger charge is 2.23. The fourth-order valence-corrected chi connectivity index (χ4v) is 3.62. The van der Waals surface area contributed by atoms with Crippen LogP contribution in [0.25, 0.3) is 0 Å². The zero-order valence-corrected chi connectivity index (χ0v) is 15.8. The highest BCUT2D eigenvalue weighted by molar-refractivity contribution is 6.10. The lowest BCUT2D eigenvalue weighted by atomic mass is 9.99. The molecule has 1 unspecified atom stereocenters. The van der Waals surface area contributed by atoms with Gasteiger partial charge in [-0.1, -0.05) is 30.3 Å². The first-order valence-electron chi connectivity index (χ1n) is 9.39. The van der Waals surface area contributed by atoms with Crippen molar-refractivity contribution in [2.24, 2.45) is 0 Å². The second-order valence-electron chi connectivity index (χ2n) is 6.96. The molecule has 3 heterocycles. The van der Waals surface area contributed by atoms with E-state index in [9.17, 15) is 4.79 Å². The van der Waals surface area contributed by atoms with Crippen LogP contribution in [0.5, 0.6) is 0 Å². The van der Waals surface area contributed by atoms with Crippen molar-refractivity contribution in [3.8, 4) is 0 Å². The van der Waals surface area contributed by atoms with Crippen molar-refractivity contribution in [2.75, 3.05) is 30.3 Å². The first-order chi connectivity index (χ1) is 13.6. The Morgan fingerprint density at radius 3 is 2.82 bits per heavy atom. The van der Waals surface area contributed by atoms with E-state index >= 15 is 0 Å². The molecule has 6 nitrogen and oxygen atoms in total. The van der Waals surface area contributed by atoms with Gasteiger partial charge in [0, 0.05) is 25.8 Å². The van der Waals surface area contributed by atoms with E-state index in [0.29, 0.717) is 11.3 Å². The highest BCUT2D eigenvalue weighted by Crippen LogP contribution is 2.24. The maximum Gasteiger partial charge on any atom is 0.215 e. The number of pyridine rings is 2. The summed E-state index contributed by atoms with van der Waals surface area (Å²) in [6, 6.07) is 17.6. The standard InChI is InChI=1S/C22H23N5O/c1-15-6-2-3-7-16(15)19-14-27(13-12-24-19)20-10-4-9-18(26-20)21(28)17-8-5-11-25-22(17)23/h2-11,19,24H,12-14H2,1H3,(H2,23,25). The van der Waals surface area contributed by atoms with Gasteiger partial charge in [-0.05, 0) is 42.3 Å². The number of rotatable bonds is 4. The number of piperazine rings is 1. The first kappa shape index (κ1) is 18.1. The number of aromatic nitrogens is 2. The van der Waals surface area contributed by atoms with Crippen LogP contribution in [0.2, 0.25) is 0 Å². The number of hydrogen-bond acceptors (Lipinski definition) is 6. The second kappa shape index (κ2) is 7.78. The summed E-state index contributed by atoms with van der Waals surface area (Å²) >= 11 is 0. The lowest BCUT2D eigenvalue weighted by Gasteiger charge is -2.35. The van der Waals surface area contributed by atoms with E-state index in [1.54, 1.807) is 24.4 Å². The number of carbonyl (C=O) groups excluding carboxylic acids is 1. The SMILES string of the molecule is Cc1ccccc1C1CN(c2cccc(C(=O)c3cccnc3N)n2)CCN1. The lowest BCUT2D eigenvalue weighted by molar-refractivity contribution is 0.103. The van der Waals surface area contributed by atoms with Crippen LogP contribution >= 0.6 is 0 Å². The van der Waals surface area contributed by atoms with Gasteiger partial charge in [0.2, 0.25) is 5.78 Å². The molecule has 1 aliphatic heterocycles. The van der Waals surface area contributed by atoms with Gasteiger partial charge in [0.05, 0.1) is 11.6 Å². The van der Waals surface area contributed by atoms with Gasteiger partial charge in [-0.25, -0.2) is 9.97 Å². The van der Waals surface area contributed by atoms with Gasteiger partial charge in [-0.2, -0.15) is 0 Å². The Balaban J connectivity index is 1.58. The predicted molar refractivity (Wildman–Crippen MR) is 110 cm³/mol. The minimum absolute atomic E-state index is 0.210. The van der Waals surface area contributed by atoms with Crippen LogP contribution in [0.3, 0.4) is 0 Å². The lowest BCUT2D eigenvalue weighted by Crippen LogP contribution is -2.46. The molecule has 1 fully saturated rings. The smallest absolute Gasteiger partial charge is 0.215 e. The van der Waals surface area contributed by atoms with Gasteiger partial charge in [0.1, 0.15) is 17.3 Å². The van der Waals surface area contributed by atoms with Crippen LogP contribution < -0.4 is 16.0 Å². The number of nitrogens with one attached hydrogen (secondary N) is 1. The fraction of sp³-hybridized carbons (Fsp3) is 0.227. The molecule has 0 saturated carbocycles. The molecule has 4 rings (SSSR count). The van der Waals surface area contributed by atoms with E-state index in [1.165, 1.54) is 11.1 Å². The molecule has 1 saturated heterocycles. The summed E-state index contributed by atoms with van der Waals surface area (Å²) in [7, 11) is 0. The van der Waals surface area contributed by atoms with Crippen molar-refractivity contribution >= 4 is 17.4 Å². The molecule has 3 N–H and O–H groups in total. The van der Waals surface area contributed by atoms with Crippen molar-refractivity contribution in [2.45, 2.75) is 13.0 Å². The summed E-state index contributed by atoms with van der Waals surface area (Å²) in [5, 5.41) is 3.59. The summed E-state index contributed by atoms with van der Waals surface area (Å²) in [6.45, 7) is 4.62. The Kier molecular flexibility index (Phi) is 5.04. The van der Waals surface area contributed by atoms with Crippen LogP contribution in [0.4, 0.5) is 11.6 Å². The molecule has 0 radical (unpaired) electrons. The van der Waals surface area contributed by atoms with Crippen molar-refractivity contribution in [3.63, 3.8) is 0 Å². The molecular weight excluding hydrogens is 350 g/mol. The van der Waals surface area contributed by atoms with Crippen molar-refractivity contribution < 1.29 is 4.79 Å². The molecule has 1 aromatic carbocycles. The molecule has 2 aromatic heterocycles. The number of aryl methyl sites for hydroxylation is 1. The summed E-state index contributed by atoms with van der Waals surface area (Å²) in [4.78, 5) is 23.7. The average molecular weight is 373 g/mol. The zero-order chi connectivity index (χ0) is 19.5. The molecule has 142 valence electrons. The Hall–Kier alpha value is -3.25. The van der Waals surface area contributed by atoms with Crippen molar-refractivity contribution in [3.05, 3.63) is 83.2 Å². The van der Waals surface area contributed by atoms with Crippen LogP contribution in [-0.2, 0) is 0 Å². The van der Waals surface area contributed by atoms with Crippen LogP contribution in [-0.4, -0.2) is 35.4 Å². The van der Waals surface area contributed by atoms with E-state index in [0.717, 1.165) is 25.5 Å². The highest BCUT2D eigenvalue weighted by atomic mass is 16.1. The minimum Gasteiger partial charge on any atom is -0.383 e. The normalized spacial score (nSPS) is 16.8. The molecular formula is C22H23N5O. The zero-order valence-electron chi connectivity index (χ0n) is 15.8. The van der Waals surface area contributed by atoms with Crippen LogP contribution in [0.15, 0.2) is 60.8 Å². The van der Waals surface area contributed by atoms with E-state index < -0.39 is 0 Å². The van der Waals surface area contributed by atoms with E-state index in [-0.39, 0.29) is 17.6 Å². The van der Waals surface area contributed by atoms with Gasteiger partial charge in [0.25, 0.3) is 0 Å². The number of benzene rings is 1. The van der Waals surface area contributed by atoms with Gasteiger partial charge in [0.15, 0.2) is 0 Å². The van der Waals surface area contributed by atoms with Crippen LogP contribution in [0, 0.1) is 6.92 Å². The van der Waals surface area contributed by atoms with E-state index in [4.69, 9.17) is 5.73 Å². The number of anilines is 2. The molecule has 0 spiro atoms. The van der Waals surface area contributed by atoms with Crippen LogP contribution in [0.1, 0.15) is 33.2 Å². The second-order valence-corrected chi connectivity index (χ2v) is 6.96. The number of nitrogen functional groups attached to an aromatic ring is 1. The number of ketones is 1. The fourth-order valence-electron chi connectivity index (χ4n) is 3.62.